The maximum absolute atomic E-state index is 13.7. The van der Waals surface area contributed by atoms with Crippen molar-refractivity contribution < 1.29 is 8.91 Å². The molecule has 6 heteroatoms. The average Bonchev–Trinajstić information content (AvgIpc) is 2.89. The third-order valence-electron chi connectivity index (χ3n) is 4.32. The highest BCUT2D eigenvalue weighted by Gasteiger charge is 2.25. The van der Waals surface area contributed by atoms with Crippen molar-refractivity contribution in [3.05, 3.63) is 47.4 Å². The SMILES string of the molecule is Cc1oncc1CN1CCN(Cc2ccncc2F)C(C)C1. The molecule has 1 aliphatic rings. The third kappa shape index (κ3) is 3.34. The zero-order valence-electron chi connectivity index (χ0n) is 13.0. The van der Waals surface area contributed by atoms with E-state index in [1.807, 2.05) is 6.92 Å². The summed E-state index contributed by atoms with van der Waals surface area (Å²) < 4.78 is 18.8. The number of rotatable bonds is 4. The van der Waals surface area contributed by atoms with Crippen LogP contribution in [0.5, 0.6) is 0 Å². The highest BCUT2D eigenvalue weighted by Crippen LogP contribution is 2.18. The molecule has 0 aliphatic carbocycles. The summed E-state index contributed by atoms with van der Waals surface area (Å²) in [5.74, 6) is 0.658. The molecule has 2 aromatic rings. The summed E-state index contributed by atoms with van der Waals surface area (Å²) in [6, 6.07) is 2.14. The summed E-state index contributed by atoms with van der Waals surface area (Å²) in [5.41, 5.74) is 1.85. The van der Waals surface area contributed by atoms with Crippen LogP contribution in [0.4, 0.5) is 4.39 Å². The van der Waals surface area contributed by atoms with Gasteiger partial charge in [-0.15, -0.1) is 0 Å². The van der Waals surface area contributed by atoms with Crippen molar-refractivity contribution >= 4 is 0 Å². The lowest BCUT2D eigenvalue weighted by atomic mass is 10.1. The summed E-state index contributed by atoms with van der Waals surface area (Å²) in [6.07, 6.45) is 4.72. The molecule has 118 valence electrons. The van der Waals surface area contributed by atoms with Crippen LogP contribution in [0, 0.1) is 12.7 Å². The predicted octanol–water partition coefficient (Wildman–Crippen LogP) is 2.22. The molecule has 0 radical (unpaired) electrons. The van der Waals surface area contributed by atoms with Crippen LogP contribution in [0.2, 0.25) is 0 Å². The fraction of sp³-hybridized carbons (Fsp3) is 0.500. The quantitative estimate of drug-likeness (QED) is 0.867. The minimum atomic E-state index is -0.225. The zero-order chi connectivity index (χ0) is 15.5. The van der Waals surface area contributed by atoms with Gasteiger partial charge in [-0.05, 0) is 19.9 Å². The van der Waals surface area contributed by atoms with E-state index in [0.29, 0.717) is 18.2 Å². The molecular weight excluding hydrogens is 283 g/mol. The van der Waals surface area contributed by atoms with Gasteiger partial charge in [0.1, 0.15) is 11.6 Å². The van der Waals surface area contributed by atoms with E-state index in [9.17, 15) is 4.39 Å². The first-order chi connectivity index (χ1) is 10.6. The van der Waals surface area contributed by atoms with E-state index in [1.165, 1.54) is 6.20 Å². The maximum Gasteiger partial charge on any atom is 0.145 e. The van der Waals surface area contributed by atoms with Gasteiger partial charge in [0, 0.05) is 56.1 Å². The van der Waals surface area contributed by atoms with Crippen molar-refractivity contribution in [1.29, 1.82) is 0 Å². The number of halogens is 1. The average molecular weight is 304 g/mol. The Labute approximate surface area is 129 Å². The second-order valence-corrected chi connectivity index (χ2v) is 5.93. The van der Waals surface area contributed by atoms with Crippen molar-refractivity contribution in [2.45, 2.75) is 33.0 Å². The Balaban J connectivity index is 1.58. The Morgan fingerprint density at radius 2 is 2.14 bits per heavy atom. The van der Waals surface area contributed by atoms with Gasteiger partial charge in [0.05, 0.1) is 12.4 Å². The van der Waals surface area contributed by atoms with E-state index in [2.05, 4.69) is 26.9 Å². The normalized spacial score (nSPS) is 20.4. The first-order valence-electron chi connectivity index (χ1n) is 7.58. The summed E-state index contributed by atoms with van der Waals surface area (Å²) in [5, 5.41) is 3.83. The first-order valence-corrected chi connectivity index (χ1v) is 7.58. The highest BCUT2D eigenvalue weighted by atomic mass is 19.1. The summed E-state index contributed by atoms with van der Waals surface area (Å²) in [6.45, 7) is 8.46. The largest absolute Gasteiger partial charge is 0.361 e. The topological polar surface area (TPSA) is 45.4 Å². The van der Waals surface area contributed by atoms with Crippen molar-refractivity contribution in [3.63, 3.8) is 0 Å². The van der Waals surface area contributed by atoms with Gasteiger partial charge < -0.3 is 4.52 Å². The maximum atomic E-state index is 13.7. The van der Waals surface area contributed by atoms with Crippen molar-refractivity contribution in [3.8, 4) is 0 Å². The summed E-state index contributed by atoms with van der Waals surface area (Å²) in [4.78, 5) is 8.51. The fourth-order valence-electron chi connectivity index (χ4n) is 2.91. The lowest BCUT2D eigenvalue weighted by Crippen LogP contribution is -2.51. The molecule has 0 aromatic carbocycles. The lowest BCUT2D eigenvalue weighted by molar-refractivity contribution is 0.0722. The Morgan fingerprint density at radius 3 is 2.82 bits per heavy atom. The summed E-state index contributed by atoms with van der Waals surface area (Å²) in [7, 11) is 0. The van der Waals surface area contributed by atoms with Gasteiger partial charge in [-0.25, -0.2) is 4.39 Å². The molecule has 0 bridgehead atoms. The van der Waals surface area contributed by atoms with E-state index >= 15 is 0 Å². The smallest absolute Gasteiger partial charge is 0.145 e. The van der Waals surface area contributed by atoms with Crippen LogP contribution in [0.3, 0.4) is 0 Å². The number of aryl methyl sites for hydroxylation is 1. The minimum Gasteiger partial charge on any atom is -0.361 e. The van der Waals surface area contributed by atoms with Crippen molar-refractivity contribution in [2.75, 3.05) is 19.6 Å². The molecule has 1 unspecified atom stereocenters. The third-order valence-corrected chi connectivity index (χ3v) is 4.32. The van der Waals surface area contributed by atoms with E-state index in [0.717, 1.165) is 37.5 Å². The van der Waals surface area contributed by atoms with Crippen LogP contribution in [0.1, 0.15) is 23.8 Å². The van der Waals surface area contributed by atoms with Crippen LogP contribution in [0.15, 0.2) is 29.2 Å². The zero-order valence-corrected chi connectivity index (χ0v) is 13.0. The molecule has 5 nitrogen and oxygen atoms in total. The monoisotopic (exact) mass is 304 g/mol. The van der Waals surface area contributed by atoms with Gasteiger partial charge in [-0.1, -0.05) is 5.16 Å². The molecule has 3 heterocycles. The fourth-order valence-corrected chi connectivity index (χ4v) is 2.91. The van der Waals surface area contributed by atoms with Gasteiger partial charge in [0.15, 0.2) is 0 Å². The van der Waals surface area contributed by atoms with Crippen LogP contribution in [-0.4, -0.2) is 45.6 Å². The van der Waals surface area contributed by atoms with Crippen LogP contribution >= 0.6 is 0 Å². The predicted molar refractivity (Wildman–Crippen MR) is 80.6 cm³/mol. The number of piperazine rings is 1. The second kappa shape index (κ2) is 6.54. The molecule has 0 amide bonds. The van der Waals surface area contributed by atoms with Crippen LogP contribution in [-0.2, 0) is 13.1 Å². The molecule has 3 rings (SSSR count). The van der Waals surface area contributed by atoms with E-state index in [-0.39, 0.29) is 5.82 Å². The molecule has 1 fully saturated rings. The van der Waals surface area contributed by atoms with Gasteiger partial charge in [0.25, 0.3) is 0 Å². The first kappa shape index (κ1) is 15.1. The van der Waals surface area contributed by atoms with Crippen molar-refractivity contribution in [1.82, 2.24) is 19.9 Å². The molecule has 2 aromatic heterocycles. The summed E-state index contributed by atoms with van der Waals surface area (Å²) >= 11 is 0. The standard InChI is InChI=1S/C16H21FN4O/c1-12-9-20(10-15-7-19-22-13(15)2)5-6-21(12)11-14-3-4-18-8-16(14)17/h3-4,7-8,12H,5-6,9-11H2,1-2H3. The van der Waals surface area contributed by atoms with E-state index < -0.39 is 0 Å². The molecule has 1 atom stereocenters. The molecule has 1 saturated heterocycles. The molecular formula is C16H21FN4O. The van der Waals surface area contributed by atoms with Crippen LogP contribution < -0.4 is 0 Å². The number of pyridine rings is 1. The van der Waals surface area contributed by atoms with Crippen molar-refractivity contribution in [2.24, 2.45) is 0 Å². The van der Waals surface area contributed by atoms with Gasteiger partial charge in [-0.2, -0.15) is 0 Å². The minimum absolute atomic E-state index is 0.225. The van der Waals surface area contributed by atoms with Gasteiger partial charge in [0.2, 0.25) is 0 Å². The Kier molecular flexibility index (Phi) is 4.49. The highest BCUT2D eigenvalue weighted by molar-refractivity contribution is 5.13. The number of aromatic nitrogens is 2. The van der Waals surface area contributed by atoms with E-state index in [1.54, 1.807) is 18.5 Å². The number of hydrogen-bond acceptors (Lipinski definition) is 5. The number of hydrogen-bond donors (Lipinski definition) is 0. The Hall–Kier alpha value is -1.79. The molecule has 22 heavy (non-hydrogen) atoms. The van der Waals surface area contributed by atoms with Crippen LogP contribution in [0.25, 0.3) is 0 Å². The lowest BCUT2D eigenvalue weighted by Gasteiger charge is -2.39. The van der Waals surface area contributed by atoms with Gasteiger partial charge in [-0.3, -0.25) is 14.8 Å². The number of nitrogens with zero attached hydrogens (tertiary/aromatic N) is 4. The Morgan fingerprint density at radius 1 is 1.27 bits per heavy atom. The molecule has 0 N–H and O–H groups in total. The molecule has 1 aliphatic heterocycles. The second-order valence-electron chi connectivity index (χ2n) is 5.93. The molecule has 0 spiro atoms. The van der Waals surface area contributed by atoms with Gasteiger partial charge >= 0.3 is 0 Å². The van der Waals surface area contributed by atoms with E-state index in [4.69, 9.17) is 4.52 Å². The molecule has 0 saturated carbocycles. The Bertz CT molecular complexity index is 630.